The molecule has 0 radical (unpaired) electrons. The number of nitrogens with zero attached hydrogens (tertiary/aromatic N) is 1. The lowest BCUT2D eigenvalue weighted by Gasteiger charge is -2.44. The van der Waals surface area contributed by atoms with Crippen LogP contribution in [-0.2, 0) is 14.3 Å². The van der Waals surface area contributed by atoms with E-state index in [9.17, 15) is 24.9 Å². The molecule has 1 heterocycles. The molecule has 0 saturated carbocycles. The Morgan fingerprint density at radius 2 is 1.55 bits per heavy atom. The molecule has 5 atom stereocenters. The number of imide groups is 1. The Kier molecular flexibility index (Phi) is 5.95. The number of nitrogens with two attached hydrogens (primary N) is 2. The summed E-state index contributed by atoms with van der Waals surface area (Å²) in [5, 5.41) is 38.4. The van der Waals surface area contributed by atoms with Crippen LogP contribution in [0.15, 0.2) is 0 Å². The van der Waals surface area contributed by atoms with E-state index in [-0.39, 0.29) is 0 Å². The van der Waals surface area contributed by atoms with Crippen LogP contribution < -0.4 is 11.5 Å². The molecule has 1 unspecified atom stereocenters. The third-order valence-corrected chi connectivity index (χ3v) is 3.05. The third-order valence-electron chi connectivity index (χ3n) is 3.05. The highest BCUT2D eigenvalue weighted by atomic mass is 16.6. The zero-order valence-electron chi connectivity index (χ0n) is 10.6. The summed E-state index contributed by atoms with van der Waals surface area (Å²) < 4.78 is 4.87. The maximum Gasteiger partial charge on any atom is 0.243 e. The highest BCUT2D eigenvalue weighted by Crippen LogP contribution is 2.24. The number of aliphatic hydroxyl groups excluding tert-OH is 4. The Hall–Kier alpha value is -1.14. The monoisotopic (exact) mass is 293 g/mol. The van der Waals surface area contributed by atoms with Gasteiger partial charge in [0.05, 0.1) is 19.7 Å². The SMILES string of the molecule is NCC(=O)N(C(=O)CN)[C@H]1C(O)O[C@H](CO)[C@@H](O)[C@@H]1O. The minimum Gasteiger partial charge on any atom is -0.394 e. The molecular formula is C10H19N3O7. The molecule has 10 nitrogen and oxygen atoms in total. The summed E-state index contributed by atoms with van der Waals surface area (Å²) in [4.78, 5) is 23.8. The second-order valence-corrected chi connectivity index (χ2v) is 4.29. The Labute approximate surface area is 114 Å². The third kappa shape index (κ3) is 3.12. The quantitative estimate of drug-likeness (QED) is 0.296. The topological polar surface area (TPSA) is 180 Å². The van der Waals surface area contributed by atoms with Crippen molar-refractivity contribution in [2.24, 2.45) is 11.5 Å². The van der Waals surface area contributed by atoms with E-state index in [4.69, 9.17) is 21.3 Å². The summed E-state index contributed by atoms with van der Waals surface area (Å²) in [5.41, 5.74) is 10.3. The molecule has 0 aliphatic carbocycles. The normalized spacial score (nSPS) is 33.8. The summed E-state index contributed by atoms with van der Waals surface area (Å²) >= 11 is 0. The number of hydrogen-bond donors (Lipinski definition) is 6. The summed E-state index contributed by atoms with van der Waals surface area (Å²) in [5.74, 6) is -1.77. The van der Waals surface area contributed by atoms with Gasteiger partial charge in [0.25, 0.3) is 0 Å². The lowest BCUT2D eigenvalue weighted by Crippen LogP contribution is -2.67. The molecule has 8 N–H and O–H groups in total. The first-order chi connectivity index (χ1) is 9.38. The van der Waals surface area contributed by atoms with Gasteiger partial charge in [-0.05, 0) is 0 Å². The van der Waals surface area contributed by atoms with Crippen molar-refractivity contribution >= 4 is 11.8 Å². The lowest BCUT2D eigenvalue weighted by atomic mass is 9.95. The molecule has 116 valence electrons. The average Bonchev–Trinajstić information content (AvgIpc) is 2.45. The Morgan fingerprint density at radius 1 is 1.05 bits per heavy atom. The Balaban J connectivity index is 3.06. The van der Waals surface area contributed by atoms with E-state index in [1.807, 2.05) is 0 Å². The van der Waals surface area contributed by atoms with Crippen molar-refractivity contribution in [2.75, 3.05) is 19.7 Å². The molecule has 20 heavy (non-hydrogen) atoms. The van der Waals surface area contributed by atoms with Crippen LogP contribution >= 0.6 is 0 Å². The Bertz CT molecular complexity index is 351. The number of amides is 2. The summed E-state index contributed by atoms with van der Waals surface area (Å²) in [6.07, 6.45) is -6.32. The van der Waals surface area contributed by atoms with Gasteiger partial charge in [-0.15, -0.1) is 0 Å². The first-order valence-corrected chi connectivity index (χ1v) is 5.94. The maximum atomic E-state index is 11.7. The van der Waals surface area contributed by atoms with Gasteiger partial charge in [0.15, 0.2) is 6.29 Å². The van der Waals surface area contributed by atoms with Crippen molar-refractivity contribution < 1.29 is 34.8 Å². The second kappa shape index (κ2) is 7.04. The largest absolute Gasteiger partial charge is 0.394 e. The van der Waals surface area contributed by atoms with Crippen LogP contribution in [0.3, 0.4) is 0 Å². The first kappa shape index (κ1) is 16.9. The number of aliphatic hydroxyl groups is 4. The predicted octanol–water partition coefficient (Wildman–Crippen LogP) is -4.94. The van der Waals surface area contributed by atoms with E-state index in [1.54, 1.807) is 0 Å². The van der Waals surface area contributed by atoms with Gasteiger partial charge in [-0.1, -0.05) is 0 Å². The molecule has 0 aromatic carbocycles. The number of carbonyl (C=O) groups excluding carboxylic acids is 2. The summed E-state index contributed by atoms with van der Waals surface area (Å²) in [6, 6.07) is -1.56. The second-order valence-electron chi connectivity index (χ2n) is 4.29. The predicted molar refractivity (Wildman–Crippen MR) is 63.7 cm³/mol. The average molecular weight is 293 g/mol. The molecule has 1 aliphatic rings. The first-order valence-electron chi connectivity index (χ1n) is 5.94. The summed E-state index contributed by atoms with van der Waals surface area (Å²) in [6.45, 7) is -1.76. The molecule has 1 saturated heterocycles. The van der Waals surface area contributed by atoms with E-state index in [0.717, 1.165) is 0 Å². The fourth-order valence-electron chi connectivity index (χ4n) is 2.03. The molecule has 10 heteroatoms. The maximum absolute atomic E-state index is 11.7. The van der Waals surface area contributed by atoms with E-state index < -0.39 is 62.2 Å². The molecule has 0 bridgehead atoms. The van der Waals surface area contributed by atoms with Crippen molar-refractivity contribution in [1.82, 2.24) is 4.90 Å². The lowest BCUT2D eigenvalue weighted by molar-refractivity contribution is -0.268. The van der Waals surface area contributed by atoms with Crippen LogP contribution in [0.2, 0.25) is 0 Å². The number of carbonyl (C=O) groups is 2. The fraction of sp³-hybridized carbons (Fsp3) is 0.800. The zero-order chi connectivity index (χ0) is 15.4. The van der Waals surface area contributed by atoms with Crippen molar-refractivity contribution in [1.29, 1.82) is 0 Å². The van der Waals surface area contributed by atoms with Crippen molar-refractivity contribution in [3.63, 3.8) is 0 Å². The van der Waals surface area contributed by atoms with Gasteiger partial charge in [-0.2, -0.15) is 0 Å². The molecule has 1 fully saturated rings. The van der Waals surface area contributed by atoms with Crippen molar-refractivity contribution in [3.05, 3.63) is 0 Å². The van der Waals surface area contributed by atoms with E-state index in [1.165, 1.54) is 0 Å². The van der Waals surface area contributed by atoms with Gasteiger partial charge in [0.1, 0.15) is 24.4 Å². The molecule has 1 rings (SSSR count). The smallest absolute Gasteiger partial charge is 0.243 e. The standard InChI is InChI=1S/C10H19N3O7/c11-1-5(15)13(6(16)2-12)7-9(18)8(17)4(3-14)20-10(7)19/h4,7-10,14,17-19H,1-3,11-12H2/t4-,7-,8-,9-,10?/m1/s1. The molecule has 0 spiro atoms. The van der Waals surface area contributed by atoms with E-state index >= 15 is 0 Å². The fourth-order valence-corrected chi connectivity index (χ4v) is 2.03. The number of ether oxygens (including phenoxy) is 1. The van der Waals surface area contributed by atoms with Crippen LogP contribution in [0.1, 0.15) is 0 Å². The van der Waals surface area contributed by atoms with Crippen LogP contribution in [0.4, 0.5) is 0 Å². The molecule has 0 aromatic heterocycles. The van der Waals surface area contributed by atoms with Crippen molar-refractivity contribution in [2.45, 2.75) is 30.6 Å². The van der Waals surface area contributed by atoms with E-state index in [2.05, 4.69) is 0 Å². The van der Waals surface area contributed by atoms with Crippen molar-refractivity contribution in [3.8, 4) is 0 Å². The van der Waals surface area contributed by atoms with Crippen LogP contribution in [0.5, 0.6) is 0 Å². The minimum absolute atomic E-state index is 0.478. The minimum atomic E-state index is -1.78. The zero-order valence-corrected chi connectivity index (χ0v) is 10.6. The molecule has 2 amide bonds. The number of rotatable bonds is 4. The highest BCUT2D eigenvalue weighted by molar-refractivity contribution is 5.97. The number of hydrogen-bond acceptors (Lipinski definition) is 9. The summed E-state index contributed by atoms with van der Waals surface area (Å²) in [7, 11) is 0. The van der Waals surface area contributed by atoms with Crippen LogP contribution in [-0.4, -0.2) is 87.5 Å². The van der Waals surface area contributed by atoms with Crippen LogP contribution in [0, 0.1) is 0 Å². The molecule has 0 aromatic rings. The highest BCUT2D eigenvalue weighted by Gasteiger charge is 2.49. The van der Waals surface area contributed by atoms with Crippen LogP contribution in [0.25, 0.3) is 0 Å². The van der Waals surface area contributed by atoms with Gasteiger partial charge in [-0.3, -0.25) is 14.5 Å². The molecular weight excluding hydrogens is 274 g/mol. The van der Waals surface area contributed by atoms with Gasteiger partial charge < -0.3 is 36.6 Å². The van der Waals surface area contributed by atoms with Gasteiger partial charge in [-0.25, -0.2) is 0 Å². The van der Waals surface area contributed by atoms with Gasteiger partial charge in [0.2, 0.25) is 11.8 Å². The van der Waals surface area contributed by atoms with Gasteiger partial charge >= 0.3 is 0 Å². The van der Waals surface area contributed by atoms with Gasteiger partial charge in [0, 0.05) is 0 Å². The molecule has 1 aliphatic heterocycles. The van der Waals surface area contributed by atoms with E-state index in [0.29, 0.717) is 4.90 Å². The Morgan fingerprint density at radius 3 is 1.95 bits per heavy atom.